The lowest BCUT2D eigenvalue weighted by Crippen LogP contribution is -2.47. The molecule has 2 fully saturated rings. The zero-order valence-corrected chi connectivity index (χ0v) is 15.7. The van der Waals surface area contributed by atoms with Gasteiger partial charge in [0.15, 0.2) is 6.61 Å². The quantitative estimate of drug-likeness (QED) is 0.765. The summed E-state index contributed by atoms with van der Waals surface area (Å²) in [6, 6.07) is 7.55. The molecule has 2 saturated heterocycles. The molecule has 0 spiro atoms. The molecule has 1 aromatic rings. The van der Waals surface area contributed by atoms with Crippen LogP contribution < -0.4 is 4.74 Å². The van der Waals surface area contributed by atoms with Crippen LogP contribution in [0.3, 0.4) is 0 Å². The smallest absolute Gasteiger partial charge is 0.260 e. The molecule has 0 aromatic heterocycles. The summed E-state index contributed by atoms with van der Waals surface area (Å²) in [4.78, 5) is 17.3. The molecule has 3 rings (SSSR count). The zero-order chi connectivity index (χ0) is 17.5. The lowest BCUT2D eigenvalue weighted by Gasteiger charge is -2.37. The fraction of sp³-hybridized carbons (Fsp3) is 0.650. The maximum atomic E-state index is 12.7. The minimum atomic E-state index is 0.110. The van der Waals surface area contributed by atoms with Gasteiger partial charge in [0.2, 0.25) is 0 Å². The summed E-state index contributed by atoms with van der Waals surface area (Å²) in [5, 5.41) is 0.674. The van der Waals surface area contributed by atoms with Gasteiger partial charge >= 0.3 is 0 Å². The molecule has 2 aliphatic heterocycles. The maximum absolute atomic E-state index is 12.7. The number of piperidine rings is 2. The van der Waals surface area contributed by atoms with Crippen LogP contribution in [0, 0.1) is 0 Å². The average molecular weight is 365 g/mol. The number of ether oxygens (including phenoxy) is 1. The van der Waals surface area contributed by atoms with Crippen molar-refractivity contribution in [3.63, 3.8) is 0 Å². The standard InChI is InChI=1S/C20H29ClN2O2/c21-17-7-9-19(10-8-17)25-16-20(24)23-14-5-2-6-18(23)11-15-22-12-3-1-4-13-22/h7-10,18H,1-6,11-16H2/t18-/m0/s1. The summed E-state index contributed by atoms with van der Waals surface area (Å²) in [6.07, 6.45) is 8.56. The zero-order valence-electron chi connectivity index (χ0n) is 15.0. The van der Waals surface area contributed by atoms with Gasteiger partial charge in [0.05, 0.1) is 0 Å². The lowest BCUT2D eigenvalue weighted by molar-refractivity contribution is -0.137. The molecule has 138 valence electrons. The Hall–Kier alpha value is -1.26. The van der Waals surface area contributed by atoms with Crippen molar-refractivity contribution in [3.05, 3.63) is 29.3 Å². The molecule has 0 unspecified atom stereocenters. The van der Waals surface area contributed by atoms with E-state index in [9.17, 15) is 4.79 Å². The second-order valence-electron chi connectivity index (χ2n) is 7.17. The first kappa shape index (κ1) is 18.5. The van der Waals surface area contributed by atoms with Crippen LogP contribution in [-0.2, 0) is 4.79 Å². The number of carbonyl (C=O) groups excluding carboxylic acids is 1. The van der Waals surface area contributed by atoms with Gasteiger partial charge in [0.25, 0.3) is 5.91 Å². The van der Waals surface area contributed by atoms with E-state index in [2.05, 4.69) is 9.80 Å². The van der Waals surface area contributed by atoms with Crippen molar-refractivity contribution < 1.29 is 9.53 Å². The largest absolute Gasteiger partial charge is 0.484 e. The van der Waals surface area contributed by atoms with Gasteiger partial charge in [-0.2, -0.15) is 0 Å². The van der Waals surface area contributed by atoms with E-state index in [1.54, 1.807) is 24.3 Å². The topological polar surface area (TPSA) is 32.8 Å². The Morgan fingerprint density at radius 3 is 2.52 bits per heavy atom. The first-order chi connectivity index (χ1) is 12.2. The molecule has 2 aliphatic rings. The third-order valence-electron chi connectivity index (χ3n) is 5.35. The highest BCUT2D eigenvalue weighted by atomic mass is 35.5. The van der Waals surface area contributed by atoms with Crippen LogP contribution in [0.25, 0.3) is 0 Å². The summed E-state index contributed by atoms with van der Waals surface area (Å²) in [6.45, 7) is 4.54. The Morgan fingerprint density at radius 1 is 1.04 bits per heavy atom. The van der Waals surface area contributed by atoms with Gasteiger partial charge in [-0.1, -0.05) is 18.0 Å². The molecule has 2 heterocycles. The van der Waals surface area contributed by atoms with Crippen LogP contribution in [-0.4, -0.2) is 54.5 Å². The molecule has 0 radical (unpaired) electrons. The number of likely N-dealkylation sites (tertiary alicyclic amines) is 2. The first-order valence-corrected chi connectivity index (χ1v) is 10.0. The van der Waals surface area contributed by atoms with Gasteiger partial charge in [-0.3, -0.25) is 4.79 Å². The van der Waals surface area contributed by atoms with E-state index in [1.807, 2.05) is 0 Å². The normalized spacial score (nSPS) is 22.0. The van der Waals surface area contributed by atoms with Crippen LogP contribution in [0.2, 0.25) is 5.02 Å². The molecule has 1 aromatic carbocycles. The van der Waals surface area contributed by atoms with E-state index in [0.29, 0.717) is 16.8 Å². The highest BCUT2D eigenvalue weighted by Crippen LogP contribution is 2.22. The predicted molar refractivity (Wildman–Crippen MR) is 101 cm³/mol. The van der Waals surface area contributed by atoms with Crippen LogP contribution in [0.1, 0.15) is 44.9 Å². The number of carbonyl (C=O) groups is 1. The van der Waals surface area contributed by atoms with Crippen molar-refractivity contribution in [2.45, 2.75) is 51.0 Å². The number of hydrogen-bond donors (Lipinski definition) is 0. The van der Waals surface area contributed by atoms with E-state index >= 15 is 0 Å². The number of rotatable bonds is 6. The number of benzene rings is 1. The van der Waals surface area contributed by atoms with Crippen molar-refractivity contribution in [1.82, 2.24) is 9.80 Å². The molecule has 0 aliphatic carbocycles. The predicted octanol–water partition coefficient (Wildman–Crippen LogP) is 3.98. The second kappa shape index (κ2) is 9.44. The highest BCUT2D eigenvalue weighted by Gasteiger charge is 2.27. The summed E-state index contributed by atoms with van der Waals surface area (Å²) < 4.78 is 5.66. The van der Waals surface area contributed by atoms with Gasteiger partial charge in [-0.15, -0.1) is 0 Å². The molecule has 4 nitrogen and oxygen atoms in total. The van der Waals surface area contributed by atoms with Gasteiger partial charge in [0.1, 0.15) is 5.75 Å². The number of hydrogen-bond acceptors (Lipinski definition) is 3. The monoisotopic (exact) mass is 364 g/mol. The minimum Gasteiger partial charge on any atom is -0.484 e. The summed E-state index contributed by atoms with van der Waals surface area (Å²) in [5.41, 5.74) is 0. The summed E-state index contributed by atoms with van der Waals surface area (Å²) >= 11 is 5.88. The summed E-state index contributed by atoms with van der Waals surface area (Å²) in [7, 11) is 0. The maximum Gasteiger partial charge on any atom is 0.260 e. The molecule has 0 bridgehead atoms. The number of halogens is 1. The third kappa shape index (κ3) is 5.61. The Morgan fingerprint density at radius 2 is 1.76 bits per heavy atom. The van der Waals surface area contributed by atoms with Gasteiger partial charge < -0.3 is 14.5 Å². The van der Waals surface area contributed by atoms with E-state index in [4.69, 9.17) is 16.3 Å². The van der Waals surface area contributed by atoms with E-state index in [0.717, 1.165) is 32.4 Å². The third-order valence-corrected chi connectivity index (χ3v) is 5.60. The molecule has 1 amide bonds. The Balaban J connectivity index is 1.48. The van der Waals surface area contributed by atoms with Gasteiger partial charge in [-0.25, -0.2) is 0 Å². The fourth-order valence-electron chi connectivity index (χ4n) is 3.90. The van der Waals surface area contributed by atoms with E-state index in [1.165, 1.54) is 38.8 Å². The first-order valence-electron chi connectivity index (χ1n) is 9.62. The SMILES string of the molecule is O=C(COc1ccc(Cl)cc1)N1CCCC[C@H]1CCN1CCCCC1. The average Bonchev–Trinajstić information content (AvgIpc) is 2.67. The molecular formula is C20H29ClN2O2. The van der Waals surface area contributed by atoms with Crippen LogP contribution >= 0.6 is 11.6 Å². The molecule has 1 atom stereocenters. The number of amides is 1. The lowest BCUT2D eigenvalue weighted by atomic mass is 9.98. The van der Waals surface area contributed by atoms with Crippen molar-refractivity contribution in [2.75, 3.05) is 32.8 Å². The fourth-order valence-corrected chi connectivity index (χ4v) is 4.03. The van der Waals surface area contributed by atoms with Crippen molar-refractivity contribution >= 4 is 17.5 Å². The molecule has 0 N–H and O–H groups in total. The van der Waals surface area contributed by atoms with Crippen LogP contribution in [0.4, 0.5) is 0 Å². The van der Waals surface area contributed by atoms with E-state index in [-0.39, 0.29) is 12.5 Å². The van der Waals surface area contributed by atoms with Crippen molar-refractivity contribution in [1.29, 1.82) is 0 Å². The van der Waals surface area contributed by atoms with Crippen molar-refractivity contribution in [2.24, 2.45) is 0 Å². The van der Waals surface area contributed by atoms with Gasteiger partial charge in [-0.05, 0) is 75.9 Å². The molecule has 0 saturated carbocycles. The van der Waals surface area contributed by atoms with E-state index < -0.39 is 0 Å². The van der Waals surface area contributed by atoms with Crippen molar-refractivity contribution in [3.8, 4) is 5.75 Å². The number of nitrogens with zero attached hydrogens (tertiary/aromatic N) is 2. The van der Waals surface area contributed by atoms with Gasteiger partial charge in [0, 0.05) is 24.2 Å². The molecule has 25 heavy (non-hydrogen) atoms. The highest BCUT2D eigenvalue weighted by molar-refractivity contribution is 6.30. The van der Waals surface area contributed by atoms with Crippen LogP contribution in [0.5, 0.6) is 5.75 Å². The molecular weight excluding hydrogens is 336 g/mol. The minimum absolute atomic E-state index is 0.110. The van der Waals surface area contributed by atoms with Crippen LogP contribution in [0.15, 0.2) is 24.3 Å². The Kier molecular flexibility index (Phi) is 7.00. The second-order valence-corrected chi connectivity index (χ2v) is 7.61. The summed E-state index contributed by atoms with van der Waals surface area (Å²) in [5.74, 6) is 0.804. The molecule has 5 heteroatoms. The Bertz CT molecular complexity index is 543. The Labute approximate surface area is 156 Å².